The minimum Gasteiger partial charge on any atom is -0.374 e. The van der Waals surface area contributed by atoms with Gasteiger partial charge in [0.1, 0.15) is 5.82 Å². The monoisotopic (exact) mass is 294 g/mol. The Bertz CT molecular complexity index is 657. The summed E-state index contributed by atoms with van der Waals surface area (Å²) in [5.41, 5.74) is 1.38. The number of benzene rings is 2. The predicted octanol–water partition coefficient (Wildman–Crippen LogP) is 3.46. The molecule has 110 valence electrons. The van der Waals surface area contributed by atoms with Crippen LogP contribution in [0.4, 0.5) is 24.5 Å². The van der Waals surface area contributed by atoms with Gasteiger partial charge in [0.25, 0.3) is 0 Å². The standard InChI is InChI=1S/C15H13F3N2O/c1-9-2-4-10(5-3-9)20-15(21)8-19-14-7-12(17)11(16)6-13(14)18/h2-7,19H,8H2,1H3,(H,20,21). The van der Waals surface area contributed by atoms with Gasteiger partial charge in [0.05, 0.1) is 12.2 Å². The van der Waals surface area contributed by atoms with Crippen molar-refractivity contribution in [3.63, 3.8) is 0 Å². The van der Waals surface area contributed by atoms with Crippen LogP contribution >= 0.6 is 0 Å². The Kier molecular flexibility index (Phi) is 4.47. The van der Waals surface area contributed by atoms with Gasteiger partial charge >= 0.3 is 0 Å². The van der Waals surface area contributed by atoms with E-state index in [4.69, 9.17) is 0 Å². The maximum Gasteiger partial charge on any atom is 0.243 e. The fraction of sp³-hybridized carbons (Fsp3) is 0.133. The third-order valence-corrected chi connectivity index (χ3v) is 2.78. The van der Waals surface area contributed by atoms with Crippen LogP contribution < -0.4 is 10.6 Å². The third kappa shape index (κ3) is 3.98. The molecule has 0 fully saturated rings. The Labute approximate surface area is 119 Å². The first-order valence-electron chi connectivity index (χ1n) is 6.20. The van der Waals surface area contributed by atoms with Crippen LogP contribution in [0, 0.1) is 24.4 Å². The Morgan fingerprint density at radius 2 is 1.62 bits per heavy atom. The minimum atomic E-state index is -1.28. The van der Waals surface area contributed by atoms with E-state index in [1.54, 1.807) is 12.1 Å². The summed E-state index contributed by atoms with van der Waals surface area (Å²) in [5, 5.41) is 5.01. The lowest BCUT2D eigenvalue weighted by Crippen LogP contribution is -2.22. The van der Waals surface area contributed by atoms with Gasteiger partial charge in [-0.2, -0.15) is 0 Å². The van der Waals surface area contributed by atoms with E-state index in [0.29, 0.717) is 17.8 Å². The number of aryl methyl sites for hydroxylation is 1. The molecule has 0 saturated carbocycles. The highest BCUT2D eigenvalue weighted by Gasteiger charge is 2.10. The lowest BCUT2D eigenvalue weighted by atomic mass is 10.2. The average Bonchev–Trinajstić information content (AvgIpc) is 2.44. The first-order chi connectivity index (χ1) is 9.95. The van der Waals surface area contributed by atoms with Crippen LogP contribution in [0.25, 0.3) is 0 Å². The summed E-state index contributed by atoms with van der Waals surface area (Å²) >= 11 is 0. The minimum absolute atomic E-state index is 0.268. The molecule has 2 aromatic rings. The number of carbonyl (C=O) groups excluding carboxylic acids is 1. The number of rotatable bonds is 4. The molecule has 0 aromatic heterocycles. The summed E-state index contributed by atoms with van der Waals surface area (Å²) < 4.78 is 39.1. The Hall–Kier alpha value is -2.50. The van der Waals surface area contributed by atoms with Gasteiger partial charge in [-0.05, 0) is 19.1 Å². The number of amides is 1. The molecule has 2 aromatic carbocycles. The summed E-state index contributed by atoms with van der Waals surface area (Å²) in [4.78, 5) is 11.7. The van der Waals surface area contributed by atoms with E-state index >= 15 is 0 Å². The van der Waals surface area contributed by atoms with E-state index < -0.39 is 23.4 Å². The maximum absolute atomic E-state index is 13.4. The van der Waals surface area contributed by atoms with Crippen LogP contribution in [0.3, 0.4) is 0 Å². The van der Waals surface area contributed by atoms with E-state index in [1.165, 1.54) is 0 Å². The summed E-state index contributed by atoms with van der Waals surface area (Å²) in [6, 6.07) is 8.21. The topological polar surface area (TPSA) is 41.1 Å². The highest BCUT2D eigenvalue weighted by molar-refractivity contribution is 5.93. The largest absolute Gasteiger partial charge is 0.374 e. The molecule has 0 aliphatic heterocycles. The Balaban J connectivity index is 1.95. The number of nitrogens with one attached hydrogen (secondary N) is 2. The van der Waals surface area contributed by atoms with Crippen LogP contribution in [-0.4, -0.2) is 12.5 Å². The zero-order chi connectivity index (χ0) is 15.4. The average molecular weight is 294 g/mol. The number of halogens is 3. The normalized spacial score (nSPS) is 10.3. The summed E-state index contributed by atoms with van der Waals surface area (Å²) in [7, 11) is 0. The van der Waals surface area contributed by atoms with E-state index in [1.807, 2.05) is 19.1 Å². The molecule has 0 saturated heterocycles. The Morgan fingerprint density at radius 3 is 2.29 bits per heavy atom. The summed E-state index contributed by atoms with van der Waals surface area (Å²) in [6.07, 6.45) is 0. The maximum atomic E-state index is 13.4. The van der Waals surface area contributed by atoms with Crippen molar-refractivity contribution in [1.29, 1.82) is 0 Å². The van der Waals surface area contributed by atoms with Gasteiger partial charge in [0.15, 0.2) is 11.6 Å². The molecule has 6 heteroatoms. The van der Waals surface area contributed by atoms with Crippen molar-refractivity contribution in [1.82, 2.24) is 0 Å². The van der Waals surface area contributed by atoms with E-state index in [2.05, 4.69) is 10.6 Å². The van der Waals surface area contributed by atoms with Crippen molar-refractivity contribution in [2.75, 3.05) is 17.2 Å². The molecule has 0 bridgehead atoms. The van der Waals surface area contributed by atoms with E-state index in [0.717, 1.165) is 5.56 Å². The van der Waals surface area contributed by atoms with Crippen molar-refractivity contribution in [2.24, 2.45) is 0 Å². The first kappa shape index (κ1) is 14.9. The number of anilines is 2. The molecular weight excluding hydrogens is 281 g/mol. The van der Waals surface area contributed by atoms with Gasteiger partial charge in [-0.3, -0.25) is 4.79 Å². The lowest BCUT2D eigenvalue weighted by Gasteiger charge is -2.09. The molecule has 0 spiro atoms. The van der Waals surface area contributed by atoms with Crippen molar-refractivity contribution in [3.05, 3.63) is 59.4 Å². The van der Waals surface area contributed by atoms with Crippen LogP contribution in [0.1, 0.15) is 5.56 Å². The summed E-state index contributed by atoms with van der Waals surface area (Å²) in [6.45, 7) is 1.65. The number of hydrogen-bond donors (Lipinski definition) is 2. The highest BCUT2D eigenvalue weighted by Crippen LogP contribution is 2.18. The van der Waals surface area contributed by atoms with Crippen LogP contribution in [0.2, 0.25) is 0 Å². The van der Waals surface area contributed by atoms with Gasteiger partial charge in [-0.25, -0.2) is 13.2 Å². The fourth-order valence-corrected chi connectivity index (χ4v) is 1.68. The summed E-state index contributed by atoms with van der Waals surface area (Å²) in [5.74, 6) is -3.85. The third-order valence-electron chi connectivity index (χ3n) is 2.78. The van der Waals surface area contributed by atoms with Crippen molar-refractivity contribution in [2.45, 2.75) is 6.92 Å². The fourth-order valence-electron chi connectivity index (χ4n) is 1.68. The van der Waals surface area contributed by atoms with Gasteiger partial charge < -0.3 is 10.6 Å². The van der Waals surface area contributed by atoms with Gasteiger partial charge in [0.2, 0.25) is 5.91 Å². The molecule has 0 unspecified atom stereocenters. The predicted molar refractivity (Wildman–Crippen MR) is 74.6 cm³/mol. The molecular formula is C15H13F3N2O. The van der Waals surface area contributed by atoms with Gasteiger partial charge in [0, 0.05) is 17.8 Å². The van der Waals surface area contributed by atoms with Crippen LogP contribution in [0.15, 0.2) is 36.4 Å². The van der Waals surface area contributed by atoms with Gasteiger partial charge in [-0.15, -0.1) is 0 Å². The number of carbonyl (C=O) groups is 1. The molecule has 0 radical (unpaired) electrons. The van der Waals surface area contributed by atoms with Gasteiger partial charge in [-0.1, -0.05) is 17.7 Å². The molecule has 0 atom stereocenters. The smallest absolute Gasteiger partial charge is 0.243 e. The molecule has 2 N–H and O–H groups in total. The first-order valence-corrected chi connectivity index (χ1v) is 6.20. The Morgan fingerprint density at radius 1 is 1.00 bits per heavy atom. The second-order valence-electron chi connectivity index (χ2n) is 4.51. The second kappa shape index (κ2) is 6.30. The number of hydrogen-bond acceptors (Lipinski definition) is 2. The molecule has 21 heavy (non-hydrogen) atoms. The second-order valence-corrected chi connectivity index (χ2v) is 4.51. The van der Waals surface area contributed by atoms with Crippen molar-refractivity contribution in [3.8, 4) is 0 Å². The van der Waals surface area contributed by atoms with E-state index in [9.17, 15) is 18.0 Å². The molecule has 3 nitrogen and oxygen atoms in total. The van der Waals surface area contributed by atoms with Crippen molar-refractivity contribution < 1.29 is 18.0 Å². The SMILES string of the molecule is Cc1ccc(NC(=O)CNc2cc(F)c(F)cc2F)cc1. The molecule has 0 aliphatic carbocycles. The highest BCUT2D eigenvalue weighted by atomic mass is 19.2. The lowest BCUT2D eigenvalue weighted by molar-refractivity contribution is -0.114. The van der Waals surface area contributed by atoms with Crippen LogP contribution in [0.5, 0.6) is 0 Å². The molecule has 2 rings (SSSR count). The quantitative estimate of drug-likeness (QED) is 0.848. The van der Waals surface area contributed by atoms with Crippen molar-refractivity contribution >= 4 is 17.3 Å². The molecule has 0 heterocycles. The zero-order valence-corrected chi connectivity index (χ0v) is 11.2. The molecule has 1 amide bonds. The molecule has 0 aliphatic rings. The van der Waals surface area contributed by atoms with E-state index in [-0.39, 0.29) is 12.2 Å². The van der Waals surface area contributed by atoms with Crippen LogP contribution in [-0.2, 0) is 4.79 Å². The zero-order valence-electron chi connectivity index (χ0n) is 11.2.